The molecule has 9 heteroatoms. The van der Waals surface area contributed by atoms with Gasteiger partial charge in [0, 0.05) is 31.1 Å². The summed E-state index contributed by atoms with van der Waals surface area (Å²) in [6.07, 6.45) is 7.26. The van der Waals surface area contributed by atoms with Crippen LogP contribution in [-0.4, -0.2) is 40.4 Å². The van der Waals surface area contributed by atoms with Crippen molar-refractivity contribution in [3.8, 4) is 5.82 Å². The number of carbonyl (C=O) groups is 1. The fourth-order valence-electron chi connectivity index (χ4n) is 4.06. The maximum absolute atomic E-state index is 13.5. The number of nitrogens with one attached hydrogen (secondary N) is 1. The molecular weight excluding hydrogens is 404 g/mol. The van der Waals surface area contributed by atoms with Gasteiger partial charge in [0.1, 0.15) is 0 Å². The van der Waals surface area contributed by atoms with Crippen LogP contribution in [0.3, 0.4) is 0 Å². The van der Waals surface area contributed by atoms with Gasteiger partial charge in [-0.25, -0.2) is 15.0 Å². The topological polar surface area (TPSA) is 103 Å². The maximum Gasteiger partial charge on any atom is 0.256 e. The Kier molecular flexibility index (Phi) is 4.04. The molecule has 0 radical (unpaired) electrons. The Balaban J connectivity index is 1.50. The van der Waals surface area contributed by atoms with Gasteiger partial charge in [0.15, 0.2) is 17.1 Å². The van der Waals surface area contributed by atoms with Crippen molar-refractivity contribution in [2.75, 3.05) is 5.32 Å². The van der Waals surface area contributed by atoms with E-state index in [0.717, 1.165) is 35.0 Å². The van der Waals surface area contributed by atoms with E-state index in [1.54, 1.807) is 34.0 Å². The second-order valence-electron chi connectivity index (χ2n) is 8.07. The number of hydrogen-bond acceptors (Lipinski definition) is 6. The molecule has 1 amide bonds. The highest BCUT2D eigenvalue weighted by atomic mass is 16.1. The lowest BCUT2D eigenvalue weighted by atomic mass is 10.1. The number of anilines is 1. The van der Waals surface area contributed by atoms with Gasteiger partial charge in [-0.3, -0.25) is 9.48 Å². The van der Waals surface area contributed by atoms with Crippen LogP contribution in [0.15, 0.2) is 48.9 Å². The third-order valence-electron chi connectivity index (χ3n) is 5.82. The molecule has 0 unspecified atom stereocenters. The summed E-state index contributed by atoms with van der Waals surface area (Å²) in [5.41, 5.74) is 4.23. The summed E-state index contributed by atoms with van der Waals surface area (Å²) in [4.78, 5) is 27.2. The lowest BCUT2D eigenvalue weighted by Gasteiger charge is -2.10. The molecule has 0 saturated heterocycles. The Morgan fingerprint density at radius 2 is 2.00 bits per heavy atom. The highest BCUT2D eigenvalue weighted by Gasteiger charge is 2.29. The number of carbonyl (C=O) groups excluding carboxylic acids is 1. The third kappa shape index (κ3) is 2.93. The van der Waals surface area contributed by atoms with Crippen LogP contribution in [0.25, 0.3) is 27.9 Å². The Bertz CT molecular complexity index is 1500. The van der Waals surface area contributed by atoms with Crippen LogP contribution in [0.2, 0.25) is 0 Å². The minimum Gasteiger partial charge on any atom is -0.321 e. The lowest BCUT2D eigenvalue weighted by molar-refractivity contribution is 0.102. The van der Waals surface area contributed by atoms with Gasteiger partial charge in [-0.05, 0) is 44.0 Å². The molecule has 1 N–H and O–H groups in total. The number of pyridine rings is 3. The van der Waals surface area contributed by atoms with Crippen molar-refractivity contribution in [2.45, 2.75) is 25.7 Å². The van der Waals surface area contributed by atoms with Crippen LogP contribution < -0.4 is 5.32 Å². The summed E-state index contributed by atoms with van der Waals surface area (Å²) in [7, 11) is 1.82. The number of amides is 1. The number of nitrogens with zero attached hydrogens (tertiary/aromatic N) is 7. The van der Waals surface area contributed by atoms with Crippen LogP contribution in [0.4, 0.5) is 5.69 Å². The molecule has 5 aromatic heterocycles. The average molecular weight is 424 g/mol. The molecule has 158 valence electrons. The van der Waals surface area contributed by atoms with Crippen molar-refractivity contribution in [1.29, 1.82) is 0 Å². The van der Waals surface area contributed by atoms with Gasteiger partial charge in [0.05, 0.1) is 33.9 Å². The summed E-state index contributed by atoms with van der Waals surface area (Å²) in [6.45, 7) is 1.89. The predicted molar refractivity (Wildman–Crippen MR) is 120 cm³/mol. The molecule has 1 aliphatic rings. The smallest absolute Gasteiger partial charge is 0.256 e. The quantitative estimate of drug-likeness (QED) is 0.473. The van der Waals surface area contributed by atoms with Gasteiger partial charge < -0.3 is 5.32 Å². The first-order valence-electron chi connectivity index (χ1n) is 10.5. The molecule has 0 atom stereocenters. The van der Waals surface area contributed by atoms with E-state index in [1.165, 1.54) is 0 Å². The molecule has 9 nitrogen and oxygen atoms in total. The number of aromatic nitrogens is 7. The first-order chi connectivity index (χ1) is 15.6. The van der Waals surface area contributed by atoms with Crippen LogP contribution in [0.5, 0.6) is 0 Å². The Hall–Kier alpha value is -4.14. The van der Waals surface area contributed by atoms with Crippen molar-refractivity contribution in [3.63, 3.8) is 0 Å². The molecule has 6 rings (SSSR count). The average Bonchev–Trinajstić information content (AvgIpc) is 3.52. The molecular formula is C23H20N8O. The van der Waals surface area contributed by atoms with E-state index in [9.17, 15) is 4.79 Å². The Morgan fingerprint density at radius 1 is 1.12 bits per heavy atom. The van der Waals surface area contributed by atoms with Crippen LogP contribution in [0, 0.1) is 6.92 Å². The second kappa shape index (κ2) is 6.94. The minimum absolute atomic E-state index is 0.209. The first-order valence-corrected chi connectivity index (χ1v) is 10.5. The summed E-state index contributed by atoms with van der Waals surface area (Å²) in [6, 6.07) is 9.35. The molecule has 0 aliphatic heterocycles. The number of rotatable bonds is 4. The van der Waals surface area contributed by atoms with Gasteiger partial charge in [0.25, 0.3) is 5.91 Å². The van der Waals surface area contributed by atoms with Gasteiger partial charge in [-0.1, -0.05) is 6.07 Å². The van der Waals surface area contributed by atoms with E-state index in [0.29, 0.717) is 34.3 Å². The SMILES string of the molecule is Cc1nn(-c2ccccn2)c2nc(C3CC3)cc(C(=O)Nc3ccnc4c3cnn4C)c12. The summed E-state index contributed by atoms with van der Waals surface area (Å²) in [5, 5.41) is 13.5. The fourth-order valence-corrected chi connectivity index (χ4v) is 4.06. The zero-order valence-corrected chi connectivity index (χ0v) is 17.6. The number of hydrogen-bond donors (Lipinski definition) is 1. The predicted octanol–water partition coefficient (Wildman–Crippen LogP) is 3.54. The zero-order chi connectivity index (χ0) is 21.8. The molecule has 5 aromatic rings. The summed E-state index contributed by atoms with van der Waals surface area (Å²) in [5.74, 6) is 0.840. The molecule has 5 heterocycles. The van der Waals surface area contributed by atoms with E-state index < -0.39 is 0 Å². The van der Waals surface area contributed by atoms with Crippen molar-refractivity contribution < 1.29 is 4.79 Å². The van der Waals surface area contributed by atoms with Crippen LogP contribution in [-0.2, 0) is 7.05 Å². The maximum atomic E-state index is 13.5. The standard InChI is InChI=1S/C23H20N8O/c1-13-20-15(23(32)28-17-8-10-25-21-16(17)12-26-30(21)2)11-18(14-6-7-14)27-22(20)31(29-13)19-5-3-4-9-24-19/h3-5,8-12,14H,6-7H2,1-2H3,(H,25,28,32). The highest BCUT2D eigenvalue weighted by molar-refractivity contribution is 6.14. The summed E-state index contributed by atoms with van der Waals surface area (Å²) >= 11 is 0. The third-order valence-corrected chi connectivity index (χ3v) is 5.82. The van der Waals surface area contributed by atoms with Crippen LogP contribution >= 0.6 is 0 Å². The van der Waals surface area contributed by atoms with Gasteiger partial charge in [-0.2, -0.15) is 14.9 Å². The normalized spacial score (nSPS) is 13.7. The molecule has 1 saturated carbocycles. The molecule has 0 bridgehead atoms. The van der Waals surface area contributed by atoms with E-state index in [-0.39, 0.29) is 5.91 Å². The minimum atomic E-state index is -0.209. The van der Waals surface area contributed by atoms with Gasteiger partial charge in [-0.15, -0.1) is 0 Å². The van der Waals surface area contributed by atoms with Gasteiger partial charge >= 0.3 is 0 Å². The van der Waals surface area contributed by atoms with Gasteiger partial charge in [0.2, 0.25) is 0 Å². The van der Waals surface area contributed by atoms with Crippen molar-refractivity contribution >= 4 is 33.7 Å². The summed E-state index contributed by atoms with van der Waals surface area (Å²) < 4.78 is 3.40. The lowest BCUT2D eigenvalue weighted by Crippen LogP contribution is -2.14. The zero-order valence-electron chi connectivity index (χ0n) is 17.6. The molecule has 0 aromatic carbocycles. The molecule has 32 heavy (non-hydrogen) atoms. The van der Waals surface area contributed by atoms with E-state index in [1.807, 2.05) is 38.2 Å². The Labute approximate surface area is 183 Å². The molecule has 0 spiro atoms. The fraction of sp³-hybridized carbons (Fsp3) is 0.217. The monoisotopic (exact) mass is 424 g/mol. The van der Waals surface area contributed by atoms with Crippen molar-refractivity contribution in [3.05, 3.63) is 65.9 Å². The number of aryl methyl sites for hydroxylation is 2. The first kappa shape index (κ1) is 18.6. The van der Waals surface area contributed by atoms with Crippen LogP contribution in [0.1, 0.15) is 40.5 Å². The molecule has 1 fully saturated rings. The van der Waals surface area contributed by atoms with Crippen molar-refractivity contribution in [1.82, 2.24) is 34.5 Å². The Morgan fingerprint density at radius 3 is 2.78 bits per heavy atom. The largest absolute Gasteiger partial charge is 0.321 e. The molecule has 1 aliphatic carbocycles. The highest BCUT2D eigenvalue weighted by Crippen LogP contribution is 2.40. The van der Waals surface area contributed by atoms with Crippen molar-refractivity contribution in [2.24, 2.45) is 7.05 Å². The van der Waals surface area contributed by atoms with E-state index in [2.05, 4.69) is 25.5 Å². The van der Waals surface area contributed by atoms with E-state index in [4.69, 9.17) is 4.98 Å². The van der Waals surface area contributed by atoms with E-state index >= 15 is 0 Å². The number of fused-ring (bicyclic) bond motifs is 2. The second-order valence-corrected chi connectivity index (χ2v) is 8.07.